The van der Waals surface area contributed by atoms with Crippen molar-refractivity contribution >= 4 is 17.6 Å². The van der Waals surface area contributed by atoms with Crippen molar-refractivity contribution < 1.29 is 10.2 Å². The summed E-state index contributed by atoms with van der Waals surface area (Å²) in [6.07, 6.45) is 0. The van der Waals surface area contributed by atoms with E-state index in [9.17, 15) is 10.2 Å². The molecule has 0 fully saturated rings. The molecule has 0 spiro atoms. The van der Waals surface area contributed by atoms with Gasteiger partial charge in [0.1, 0.15) is 0 Å². The quantitative estimate of drug-likeness (QED) is 0.341. The summed E-state index contributed by atoms with van der Waals surface area (Å²) in [6, 6.07) is 4.52. The monoisotopic (exact) mass is 267 g/mol. The highest BCUT2D eigenvalue weighted by Crippen LogP contribution is 2.34. The Morgan fingerprint density at radius 2 is 1.79 bits per heavy atom. The summed E-state index contributed by atoms with van der Waals surface area (Å²) >= 11 is 0. The first kappa shape index (κ1) is 16.6. The van der Waals surface area contributed by atoms with Crippen LogP contribution in [0, 0.1) is 0 Å². The summed E-state index contributed by atoms with van der Waals surface area (Å²) in [4.78, 5) is 8.81. The zero-order chi connectivity index (χ0) is 15.0. The number of phenolic OH excluding ortho intramolecular Hbond substituents is 2. The van der Waals surface area contributed by atoms with E-state index in [0.717, 1.165) is 0 Å². The smallest absolute Gasteiger partial charge is 0.218 e. The second kappa shape index (κ2) is 7.80. The Balaban J connectivity index is 0.00000154. The highest BCUT2D eigenvalue weighted by Gasteiger charge is 2.12. The highest BCUT2D eigenvalue weighted by atomic mass is 16.3. The van der Waals surface area contributed by atoms with Gasteiger partial charge in [0.15, 0.2) is 11.5 Å². The van der Waals surface area contributed by atoms with Crippen LogP contribution >= 0.6 is 0 Å². The molecule has 0 aliphatic heterocycles. The van der Waals surface area contributed by atoms with Gasteiger partial charge in [0.2, 0.25) is 11.9 Å². The molecular formula is C12H21N5O2. The average molecular weight is 267 g/mol. The number of hydrogen-bond donors (Lipinski definition) is 4. The van der Waals surface area contributed by atoms with Crippen molar-refractivity contribution in [3.05, 3.63) is 18.2 Å². The van der Waals surface area contributed by atoms with Gasteiger partial charge in [-0.1, -0.05) is 19.9 Å². The third kappa shape index (κ3) is 4.38. The van der Waals surface area contributed by atoms with Gasteiger partial charge in [0.25, 0.3) is 0 Å². The number of benzene rings is 1. The standard InChI is InChI=1S/C10H15N5O2.C2H6/c1-13-9(11)14-10(12)15(2)6-4-3-5-7(16)8(6)17;1-2/h3-5,16-17H,1-2H3,(H4,11,12,13,14);1-2H3. The van der Waals surface area contributed by atoms with E-state index in [-0.39, 0.29) is 23.4 Å². The van der Waals surface area contributed by atoms with Crippen molar-refractivity contribution in [2.24, 2.45) is 21.5 Å². The minimum atomic E-state index is -0.278. The number of aromatic hydroxyl groups is 2. The Morgan fingerprint density at radius 3 is 2.32 bits per heavy atom. The van der Waals surface area contributed by atoms with E-state index in [0.29, 0.717) is 5.69 Å². The number of phenols is 2. The van der Waals surface area contributed by atoms with Crippen LogP contribution in [-0.2, 0) is 0 Å². The number of aliphatic imine (C=N–C) groups is 2. The number of nitrogens with zero attached hydrogens (tertiary/aromatic N) is 3. The maximum Gasteiger partial charge on any atom is 0.218 e. The normalized spacial score (nSPS) is 11.6. The number of para-hydroxylation sites is 1. The van der Waals surface area contributed by atoms with Crippen LogP contribution in [0.1, 0.15) is 13.8 Å². The van der Waals surface area contributed by atoms with Crippen LogP contribution in [0.4, 0.5) is 5.69 Å². The van der Waals surface area contributed by atoms with Crippen molar-refractivity contribution in [3.63, 3.8) is 0 Å². The van der Waals surface area contributed by atoms with Crippen LogP contribution in [0.25, 0.3) is 0 Å². The molecule has 0 aliphatic carbocycles. The number of anilines is 1. The number of guanidine groups is 2. The molecule has 0 aromatic heterocycles. The predicted molar refractivity (Wildman–Crippen MR) is 78.7 cm³/mol. The molecule has 7 nitrogen and oxygen atoms in total. The Morgan fingerprint density at radius 1 is 1.21 bits per heavy atom. The zero-order valence-electron chi connectivity index (χ0n) is 11.6. The molecular weight excluding hydrogens is 246 g/mol. The summed E-state index contributed by atoms with van der Waals surface area (Å²) in [5.74, 6) is -0.442. The lowest BCUT2D eigenvalue weighted by atomic mass is 10.2. The summed E-state index contributed by atoms with van der Waals surface area (Å²) in [5.41, 5.74) is 11.4. The molecule has 0 amide bonds. The summed E-state index contributed by atoms with van der Waals surface area (Å²) in [6.45, 7) is 4.00. The Kier molecular flexibility index (Phi) is 6.80. The summed E-state index contributed by atoms with van der Waals surface area (Å²) in [5, 5.41) is 19.0. The predicted octanol–water partition coefficient (Wildman–Crippen LogP) is 0.819. The first-order valence-electron chi connectivity index (χ1n) is 5.78. The molecule has 106 valence electrons. The van der Waals surface area contributed by atoms with Gasteiger partial charge in [-0.05, 0) is 12.1 Å². The Hall–Kier alpha value is -2.44. The minimum absolute atomic E-state index is 0.0222. The number of hydrogen-bond acceptors (Lipinski definition) is 3. The van der Waals surface area contributed by atoms with Crippen LogP contribution in [0.2, 0.25) is 0 Å². The Labute approximate surface area is 112 Å². The molecule has 0 bridgehead atoms. The first-order chi connectivity index (χ1) is 8.97. The van der Waals surface area contributed by atoms with Gasteiger partial charge >= 0.3 is 0 Å². The lowest BCUT2D eigenvalue weighted by Gasteiger charge is -2.19. The van der Waals surface area contributed by atoms with Gasteiger partial charge in [-0.2, -0.15) is 4.99 Å². The molecule has 0 radical (unpaired) electrons. The van der Waals surface area contributed by atoms with Gasteiger partial charge in [-0.3, -0.25) is 4.99 Å². The fourth-order valence-corrected chi connectivity index (χ4v) is 1.16. The zero-order valence-corrected chi connectivity index (χ0v) is 11.6. The molecule has 1 aromatic carbocycles. The molecule has 0 saturated heterocycles. The molecule has 0 aliphatic rings. The molecule has 0 heterocycles. The highest BCUT2D eigenvalue weighted by molar-refractivity contribution is 6.02. The van der Waals surface area contributed by atoms with Crippen molar-refractivity contribution in [1.29, 1.82) is 0 Å². The summed E-state index contributed by atoms with van der Waals surface area (Å²) < 4.78 is 0. The third-order valence-corrected chi connectivity index (χ3v) is 2.16. The number of nitrogens with two attached hydrogens (primary N) is 2. The van der Waals surface area contributed by atoms with Crippen LogP contribution in [-0.4, -0.2) is 36.2 Å². The van der Waals surface area contributed by atoms with Crippen LogP contribution in [0.5, 0.6) is 11.5 Å². The molecule has 0 unspecified atom stereocenters. The summed E-state index contributed by atoms with van der Waals surface area (Å²) in [7, 11) is 3.06. The molecule has 0 saturated carbocycles. The first-order valence-corrected chi connectivity index (χ1v) is 5.78. The molecule has 0 atom stereocenters. The SMILES string of the molecule is CC.CN=C(N)/N=C(\N)N(C)c1cccc(O)c1O. The molecule has 19 heavy (non-hydrogen) atoms. The van der Waals surface area contributed by atoms with Gasteiger partial charge in [-0.15, -0.1) is 0 Å². The van der Waals surface area contributed by atoms with Gasteiger partial charge in [0.05, 0.1) is 5.69 Å². The van der Waals surface area contributed by atoms with E-state index in [1.807, 2.05) is 13.8 Å². The van der Waals surface area contributed by atoms with E-state index in [4.69, 9.17) is 11.5 Å². The van der Waals surface area contributed by atoms with E-state index in [1.165, 1.54) is 18.0 Å². The number of rotatable bonds is 1. The second-order valence-corrected chi connectivity index (χ2v) is 3.26. The van der Waals surface area contributed by atoms with Crippen LogP contribution in [0.3, 0.4) is 0 Å². The molecule has 6 N–H and O–H groups in total. The minimum Gasteiger partial charge on any atom is -0.504 e. The lowest BCUT2D eigenvalue weighted by Crippen LogP contribution is -2.35. The maximum atomic E-state index is 9.64. The average Bonchev–Trinajstić information content (AvgIpc) is 2.43. The van der Waals surface area contributed by atoms with Crippen LogP contribution < -0.4 is 16.4 Å². The van der Waals surface area contributed by atoms with Gasteiger partial charge in [-0.25, -0.2) is 0 Å². The van der Waals surface area contributed by atoms with Gasteiger partial charge in [0, 0.05) is 14.1 Å². The van der Waals surface area contributed by atoms with E-state index < -0.39 is 0 Å². The van der Waals surface area contributed by atoms with E-state index in [1.54, 1.807) is 19.2 Å². The Bertz CT molecular complexity index is 471. The lowest BCUT2D eigenvalue weighted by molar-refractivity contribution is 0.404. The van der Waals surface area contributed by atoms with Gasteiger partial charge < -0.3 is 26.6 Å². The fraction of sp³-hybridized carbons (Fsp3) is 0.333. The third-order valence-electron chi connectivity index (χ3n) is 2.16. The topological polar surface area (TPSA) is 120 Å². The van der Waals surface area contributed by atoms with Crippen LogP contribution in [0.15, 0.2) is 28.2 Å². The van der Waals surface area contributed by atoms with E-state index in [2.05, 4.69) is 9.98 Å². The van der Waals surface area contributed by atoms with Crippen molar-refractivity contribution in [2.45, 2.75) is 13.8 Å². The largest absolute Gasteiger partial charge is 0.504 e. The van der Waals surface area contributed by atoms with Crippen molar-refractivity contribution in [1.82, 2.24) is 0 Å². The molecule has 7 heteroatoms. The molecule has 1 rings (SSSR count). The fourth-order valence-electron chi connectivity index (χ4n) is 1.16. The molecule has 1 aromatic rings. The van der Waals surface area contributed by atoms with Crippen molar-refractivity contribution in [2.75, 3.05) is 19.0 Å². The van der Waals surface area contributed by atoms with E-state index >= 15 is 0 Å². The van der Waals surface area contributed by atoms with Crippen molar-refractivity contribution in [3.8, 4) is 11.5 Å². The second-order valence-electron chi connectivity index (χ2n) is 3.26. The maximum absolute atomic E-state index is 9.64.